The van der Waals surface area contributed by atoms with Gasteiger partial charge in [-0.1, -0.05) is 23.2 Å². The number of benzene rings is 1. The van der Waals surface area contributed by atoms with E-state index in [0.717, 1.165) is 16.7 Å². The standard InChI is InChI=1S/C15H11Cl2N5OS/c16-9-1-2-10(11(17)7-9)15(23)21-4-5-22-12(8-21)19-20-13(22)14-18-3-6-24-14/h1-3,6-7H,4-5,8H2. The van der Waals surface area contributed by atoms with Gasteiger partial charge in [0.15, 0.2) is 16.7 Å². The SMILES string of the molecule is O=C(c1ccc(Cl)cc1Cl)N1CCn2c(nnc2-c2nccs2)C1. The van der Waals surface area contributed by atoms with Crippen molar-refractivity contribution in [1.29, 1.82) is 0 Å². The molecule has 0 bridgehead atoms. The van der Waals surface area contributed by atoms with Crippen molar-refractivity contribution < 1.29 is 4.79 Å². The first-order valence-corrected chi connectivity index (χ1v) is 8.83. The Morgan fingerprint density at radius 2 is 2.08 bits per heavy atom. The molecular formula is C15H11Cl2N5OS. The molecule has 0 fully saturated rings. The number of fused-ring (bicyclic) bond motifs is 1. The fraction of sp³-hybridized carbons (Fsp3) is 0.200. The van der Waals surface area contributed by atoms with E-state index in [4.69, 9.17) is 23.2 Å². The van der Waals surface area contributed by atoms with Crippen LogP contribution in [-0.2, 0) is 13.1 Å². The minimum atomic E-state index is -0.137. The van der Waals surface area contributed by atoms with Crippen LogP contribution in [0.4, 0.5) is 0 Å². The first kappa shape index (κ1) is 15.6. The topological polar surface area (TPSA) is 63.9 Å². The summed E-state index contributed by atoms with van der Waals surface area (Å²) in [6.45, 7) is 1.56. The molecule has 0 unspecified atom stereocenters. The molecule has 0 saturated carbocycles. The van der Waals surface area contributed by atoms with Gasteiger partial charge in [-0.3, -0.25) is 4.79 Å². The highest BCUT2D eigenvalue weighted by Crippen LogP contribution is 2.26. The van der Waals surface area contributed by atoms with Gasteiger partial charge in [-0.25, -0.2) is 4.98 Å². The fourth-order valence-corrected chi connectivity index (χ4v) is 3.77. The van der Waals surface area contributed by atoms with Crippen LogP contribution in [0.25, 0.3) is 10.8 Å². The van der Waals surface area contributed by atoms with Gasteiger partial charge in [-0.2, -0.15) is 0 Å². The van der Waals surface area contributed by atoms with Gasteiger partial charge in [0, 0.05) is 29.7 Å². The lowest BCUT2D eigenvalue weighted by atomic mass is 10.2. The first-order valence-electron chi connectivity index (χ1n) is 7.20. The lowest BCUT2D eigenvalue weighted by Gasteiger charge is -2.28. The molecule has 0 radical (unpaired) electrons. The Labute approximate surface area is 151 Å². The summed E-state index contributed by atoms with van der Waals surface area (Å²) in [5, 5.41) is 12.0. The van der Waals surface area contributed by atoms with Gasteiger partial charge < -0.3 is 9.47 Å². The maximum Gasteiger partial charge on any atom is 0.255 e. The molecule has 24 heavy (non-hydrogen) atoms. The third-order valence-corrected chi connectivity index (χ3v) is 5.14. The second-order valence-electron chi connectivity index (χ2n) is 5.28. The monoisotopic (exact) mass is 379 g/mol. The predicted molar refractivity (Wildman–Crippen MR) is 92.3 cm³/mol. The van der Waals surface area contributed by atoms with E-state index in [1.165, 1.54) is 11.3 Å². The van der Waals surface area contributed by atoms with Gasteiger partial charge in [0.05, 0.1) is 17.1 Å². The molecule has 1 aromatic carbocycles. The number of thiazole rings is 1. The van der Waals surface area contributed by atoms with E-state index < -0.39 is 0 Å². The lowest BCUT2D eigenvalue weighted by molar-refractivity contribution is 0.0708. The van der Waals surface area contributed by atoms with Crippen LogP contribution in [0.2, 0.25) is 10.0 Å². The number of carbonyl (C=O) groups is 1. The number of aromatic nitrogens is 4. The van der Waals surface area contributed by atoms with Crippen LogP contribution < -0.4 is 0 Å². The summed E-state index contributed by atoms with van der Waals surface area (Å²) in [5.41, 5.74) is 0.439. The van der Waals surface area contributed by atoms with Crippen LogP contribution in [0.15, 0.2) is 29.8 Å². The number of hydrogen-bond acceptors (Lipinski definition) is 5. The summed E-state index contributed by atoms with van der Waals surface area (Å²) in [4.78, 5) is 18.7. The molecule has 122 valence electrons. The van der Waals surface area contributed by atoms with Gasteiger partial charge in [-0.15, -0.1) is 21.5 Å². The fourth-order valence-electron chi connectivity index (χ4n) is 2.66. The van der Waals surface area contributed by atoms with Crippen LogP contribution in [0, 0.1) is 0 Å². The lowest BCUT2D eigenvalue weighted by Crippen LogP contribution is -2.38. The van der Waals surface area contributed by atoms with Gasteiger partial charge in [0.25, 0.3) is 5.91 Å². The summed E-state index contributed by atoms with van der Waals surface area (Å²) in [6.07, 6.45) is 1.74. The second-order valence-corrected chi connectivity index (χ2v) is 7.02. The highest BCUT2D eigenvalue weighted by molar-refractivity contribution is 7.13. The van der Waals surface area contributed by atoms with Crippen molar-refractivity contribution in [3.05, 3.63) is 51.2 Å². The van der Waals surface area contributed by atoms with Crippen molar-refractivity contribution in [1.82, 2.24) is 24.6 Å². The summed E-state index contributed by atoms with van der Waals surface area (Å²) >= 11 is 13.5. The van der Waals surface area contributed by atoms with Gasteiger partial charge in [0.2, 0.25) is 0 Å². The highest BCUT2D eigenvalue weighted by Gasteiger charge is 2.27. The zero-order valence-corrected chi connectivity index (χ0v) is 14.6. The maximum atomic E-state index is 12.7. The van der Waals surface area contributed by atoms with Gasteiger partial charge in [0.1, 0.15) is 0 Å². The van der Waals surface area contributed by atoms with Crippen LogP contribution in [-0.4, -0.2) is 37.1 Å². The largest absolute Gasteiger partial charge is 0.329 e. The molecule has 3 heterocycles. The van der Waals surface area contributed by atoms with Crippen LogP contribution >= 0.6 is 34.5 Å². The summed E-state index contributed by atoms with van der Waals surface area (Å²) in [6, 6.07) is 4.88. The Bertz CT molecular complexity index is 909. The number of nitrogens with zero attached hydrogens (tertiary/aromatic N) is 5. The van der Waals surface area contributed by atoms with Crippen molar-refractivity contribution in [2.24, 2.45) is 0 Å². The van der Waals surface area contributed by atoms with Crippen molar-refractivity contribution in [3.8, 4) is 10.8 Å². The highest BCUT2D eigenvalue weighted by atomic mass is 35.5. The normalized spacial score (nSPS) is 13.8. The van der Waals surface area contributed by atoms with E-state index in [1.54, 1.807) is 29.3 Å². The predicted octanol–water partition coefficient (Wildman–Crippen LogP) is 3.36. The van der Waals surface area contributed by atoms with E-state index in [0.29, 0.717) is 35.2 Å². The molecule has 0 spiro atoms. The molecule has 3 aromatic rings. The Morgan fingerprint density at radius 1 is 1.21 bits per heavy atom. The Kier molecular flexibility index (Phi) is 3.99. The summed E-state index contributed by atoms with van der Waals surface area (Å²) in [5.74, 6) is 1.35. The third kappa shape index (κ3) is 2.68. The van der Waals surface area contributed by atoms with E-state index in [2.05, 4.69) is 15.2 Å². The quantitative estimate of drug-likeness (QED) is 0.684. The molecule has 0 atom stereocenters. The molecule has 0 saturated heterocycles. The first-order chi connectivity index (χ1) is 11.6. The smallest absolute Gasteiger partial charge is 0.255 e. The number of halogens is 2. The van der Waals surface area contributed by atoms with Crippen LogP contribution in [0.3, 0.4) is 0 Å². The van der Waals surface area contributed by atoms with E-state index in [1.807, 2.05) is 9.95 Å². The molecule has 1 aliphatic rings. The van der Waals surface area contributed by atoms with E-state index in [9.17, 15) is 4.79 Å². The maximum absolute atomic E-state index is 12.7. The minimum absolute atomic E-state index is 0.137. The van der Waals surface area contributed by atoms with Gasteiger partial charge in [-0.05, 0) is 18.2 Å². The average molecular weight is 380 g/mol. The van der Waals surface area contributed by atoms with Crippen molar-refractivity contribution in [3.63, 3.8) is 0 Å². The Balaban J connectivity index is 1.60. The van der Waals surface area contributed by atoms with Crippen LogP contribution in [0.1, 0.15) is 16.2 Å². The van der Waals surface area contributed by atoms with Crippen molar-refractivity contribution in [2.45, 2.75) is 13.1 Å². The van der Waals surface area contributed by atoms with Crippen LogP contribution in [0.5, 0.6) is 0 Å². The van der Waals surface area contributed by atoms with E-state index in [-0.39, 0.29) is 5.91 Å². The molecule has 1 aliphatic heterocycles. The number of amides is 1. The number of carbonyl (C=O) groups excluding carboxylic acids is 1. The van der Waals surface area contributed by atoms with E-state index >= 15 is 0 Å². The molecule has 4 rings (SSSR count). The molecule has 9 heteroatoms. The third-order valence-electron chi connectivity index (χ3n) is 3.83. The van der Waals surface area contributed by atoms with Gasteiger partial charge >= 0.3 is 0 Å². The van der Waals surface area contributed by atoms with Crippen molar-refractivity contribution >= 4 is 40.4 Å². The molecule has 2 aromatic heterocycles. The zero-order valence-electron chi connectivity index (χ0n) is 12.3. The molecule has 0 aliphatic carbocycles. The molecule has 6 nitrogen and oxygen atoms in total. The molecule has 0 N–H and O–H groups in total. The summed E-state index contributed by atoms with van der Waals surface area (Å²) in [7, 11) is 0. The summed E-state index contributed by atoms with van der Waals surface area (Å²) < 4.78 is 2.01. The number of rotatable bonds is 2. The Morgan fingerprint density at radius 3 is 2.83 bits per heavy atom. The zero-order chi connectivity index (χ0) is 16.7. The molecular weight excluding hydrogens is 369 g/mol. The van der Waals surface area contributed by atoms with Crippen molar-refractivity contribution in [2.75, 3.05) is 6.54 Å². The second kappa shape index (κ2) is 6.16. The molecule has 1 amide bonds. The number of hydrogen-bond donors (Lipinski definition) is 0. The minimum Gasteiger partial charge on any atom is -0.329 e. The Hall–Kier alpha value is -1.96. The average Bonchev–Trinajstić information content (AvgIpc) is 3.22.